The molecule has 1 aliphatic rings. The van der Waals surface area contributed by atoms with Crippen LogP contribution in [0.3, 0.4) is 0 Å². The van der Waals surface area contributed by atoms with Crippen molar-refractivity contribution in [3.05, 3.63) is 29.3 Å². The predicted molar refractivity (Wildman–Crippen MR) is 101 cm³/mol. The molecule has 1 fully saturated rings. The molecule has 1 aromatic rings. The van der Waals surface area contributed by atoms with E-state index in [1.54, 1.807) is 12.1 Å². The highest BCUT2D eigenvalue weighted by molar-refractivity contribution is 7.91. The first-order valence-corrected chi connectivity index (χ1v) is 11.0. The molecule has 1 heterocycles. The maximum absolute atomic E-state index is 12.7. The van der Waals surface area contributed by atoms with Crippen molar-refractivity contribution in [2.24, 2.45) is 5.92 Å². The van der Waals surface area contributed by atoms with Crippen molar-refractivity contribution in [1.82, 2.24) is 9.80 Å². The van der Waals surface area contributed by atoms with Crippen molar-refractivity contribution < 1.29 is 21.6 Å². The maximum atomic E-state index is 12.7. The number of benzene rings is 1. The molecular weight excluding hydrogens is 401 g/mol. The largest absolute Gasteiger partial charge is 0.401 e. The summed E-state index contributed by atoms with van der Waals surface area (Å²) in [7, 11) is -3.39. The van der Waals surface area contributed by atoms with Crippen molar-refractivity contribution >= 4 is 21.4 Å². The Morgan fingerprint density at radius 1 is 1.19 bits per heavy atom. The van der Waals surface area contributed by atoms with Gasteiger partial charge in [0.2, 0.25) is 0 Å². The molecule has 0 N–H and O–H groups in total. The SMILES string of the molecule is CC(C)[C@H]1CN(CC(F)(F)F)CCN1CCCS(=O)(=O)c1ccc(Cl)cc1. The highest BCUT2D eigenvalue weighted by Crippen LogP contribution is 2.23. The summed E-state index contributed by atoms with van der Waals surface area (Å²) >= 11 is 5.79. The quantitative estimate of drug-likeness (QED) is 0.666. The smallest absolute Gasteiger partial charge is 0.298 e. The van der Waals surface area contributed by atoms with Crippen molar-refractivity contribution in [2.45, 2.75) is 37.4 Å². The minimum Gasteiger partial charge on any atom is -0.298 e. The molecule has 1 saturated heterocycles. The second-order valence-corrected chi connectivity index (χ2v) is 9.87. The van der Waals surface area contributed by atoms with Gasteiger partial charge in [-0.25, -0.2) is 8.42 Å². The fourth-order valence-corrected chi connectivity index (χ4v) is 4.85. The van der Waals surface area contributed by atoms with Gasteiger partial charge in [0.25, 0.3) is 0 Å². The first-order valence-electron chi connectivity index (χ1n) is 8.99. The van der Waals surface area contributed by atoms with Crippen molar-refractivity contribution in [3.8, 4) is 0 Å². The predicted octanol–water partition coefficient (Wildman–Crippen LogP) is 3.71. The third kappa shape index (κ3) is 6.93. The number of nitrogens with zero attached hydrogens (tertiary/aromatic N) is 2. The zero-order valence-electron chi connectivity index (χ0n) is 15.5. The van der Waals surface area contributed by atoms with Crippen molar-refractivity contribution in [2.75, 3.05) is 38.5 Å². The molecule has 0 aromatic heterocycles. The standard InChI is InChI=1S/C18H26ClF3N2O2S/c1-14(2)17-12-23(13-18(20,21)22)9-10-24(17)8-3-11-27(25,26)16-6-4-15(19)5-7-16/h4-7,14,17H,3,8-13H2,1-2H3/t17-/m1/s1. The first-order chi connectivity index (χ1) is 12.5. The third-order valence-corrected chi connectivity index (χ3v) is 6.89. The van der Waals surface area contributed by atoms with E-state index in [1.807, 2.05) is 13.8 Å². The topological polar surface area (TPSA) is 40.6 Å². The highest BCUT2D eigenvalue weighted by atomic mass is 35.5. The van der Waals surface area contributed by atoms with Gasteiger partial charge in [0.1, 0.15) is 0 Å². The van der Waals surface area contributed by atoms with Gasteiger partial charge >= 0.3 is 6.18 Å². The van der Waals surface area contributed by atoms with E-state index >= 15 is 0 Å². The van der Waals surface area contributed by atoms with Crippen LogP contribution in [0.2, 0.25) is 5.02 Å². The molecule has 0 amide bonds. The third-order valence-electron chi connectivity index (χ3n) is 4.82. The Bertz CT molecular complexity index is 708. The molecular formula is C18H26ClF3N2O2S. The Labute approximate surface area is 164 Å². The van der Waals surface area contributed by atoms with Gasteiger partial charge in [0.15, 0.2) is 9.84 Å². The van der Waals surface area contributed by atoms with Crippen LogP contribution < -0.4 is 0 Å². The molecule has 2 rings (SSSR count). The molecule has 1 aliphatic heterocycles. The van der Waals surface area contributed by atoms with Crippen LogP contribution in [-0.4, -0.2) is 68.9 Å². The van der Waals surface area contributed by atoms with Gasteiger partial charge in [-0.1, -0.05) is 25.4 Å². The first kappa shape index (κ1) is 22.5. The molecule has 154 valence electrons. The van der Waals surface area contributed by atoms with Gasteiger partial charge in [-0.2, -0.15) is 13.2 Å². The lowest BCUT2D eigenvalue weighted by atomic mass is 9.99. The lowest BCUT2D eigenvalue weighted by Gasteiger charge is -2.43. The second kappa shape index (κ2) is 9.11. The summed E-state index contributed by atoms with van der Waals surface area (Å²) in [5.41, 5.74) is 0. The van der Waals surface area contributed by atoms with Crippen LogP contribution in [-0.2, 0) is 9.84 Å². The Hall–Kier alpha value is -0.830. The molecule has 0 bridgehead atoms. The van der Waals surface area contributed by atoms with Crippen LogP contribution in [0.5, 0.6) is 0 Å². The second-order valence-electron chi connectivity index (χ2n) is 7.32. The van der Waals surface area contributed by atoms with Gasteiger partial charge in [0, 0.05) is 30.7 Å². The summed E-state index contributed by atoms with van der Waals surface area (Å²) in [6, 6.07) is 6.06. The van der Waals surface area contributed by atoms with Gasteiger partial charge < -0.3 is 0 Å². The van der Waals surface area contributed by atoms with E-state index in [0.29, 0.717) is 37.6 Å². The van der Waals surface area contributed by atoms with Crippen LogP contribution in [0.25, 0.3) is 0 Å². The van der Waals surface area contributed by atoms with Gasteiger partial charge in [0.05, 0.1) is 17.2 Å². The average molecular weight is 427 g/mol. The number of hydrogen-bond donors (Lipinski definition) is 0. The monoisotopic (exact) mass is 426 g/mol. The summed E-state index contributed by atoms with van der Waals surface area (Å²) in [4.78, 5) is 3.79. The Morgan fingerprint density at radius 3 is 2.37 bits per heavy atom. The molecule has 0 aliphatic carbocycles. The number of alkyl halides is 3. The van der Waals surface area contributed by atoms with E-state index in [-0.39, 0.29) is 22.6 Å². The fourth-order valence-electron chi connectivity index (χ4n) is 3.43. The molecule has 1 aromatic carbocycles. The summed E-state index contributed by atoms with van der Waals surface area (Å²) in [5.74, 6) is 0.191. The van der Waals surface area contributed by atoms with E-state index in [1.165, 1.54) is 17.0 Å². The van der Waals surface area contributed by atoms with Gasteiger partial charge in [-0.15, -0.1) is 0 Å². The minimum absolute atomic E-state index is 0.00220. The van der Waals surface area contributed by atoms with E-state index in [4.69, 9.17) is 11.6 Å². The minimum atomic E-state index is -4.20. The maximum Gasteiger partial charge on any atom is 0.401 e. The van der Waals surface area contributed by atoms with Crippen molar-refractivity contribution in [3.63, 3.8) is 0 Å². The van der Waals surface area contributed by atoms with E-state index in [9.17, 15) is 21.6 Å². The highest BCUT2D eigenvalue weighted by Gasteiger charge is 2.36. The number of piperazine rings is 1. The molecule has 0 radical (unpaired) electrons. The molecule has 4 nitrogen and oxygen atoms in total. The van der Waals surface area contributed by atoms with Crippen LogP contribution in [0.1, 0.15) is 20.3 Å². The summed E-state index contributed by atoms with van der Waals surface area (Å²) < 4.78 is 62.8. The Kier molecular flexibility index (Phi) is 7.58. The lowest BCUT2D eigenvalue weighted by molar-refractivity contribution is -0.152. The van der Waals surface area contributed by atoms with E-state index in [2.05, 4.69) is 4.90 Å². The summed E-state index contributed by atoms with van der Waals surface area (Å²) in [6.07, 6.45) is -3.76. The van der Waals surface area contributed by atoms with E-state index < -0.39 is 22.6 Å². The normalized spacial score (nSPS) is 20.3. The number of halogens is 4. The number of sulfone groups is 1. The molecule has 27 heavy (non-hydrogen) atoms. The van der Waals surface area contributed by atoms with Crippen LogP contribution >= 0.6 is 11.6 Å². The number of rotatable bonds is 7. The molecule has 0 spiro atoms. The molecule has 9 heteroatoms. The van der Waals surface area contributed by atoms with Crippen LogP contribution in [0.15, 0.2) is 29.2 Å². The Balaban J connectivity index is 1.91. The Morgan fingerprint density at radius 2 is 1.81 bits per heavy atom. The number of hydrogen-bond acceptors (Lipinski definition) is 4. The molecule has 0 saturated carbocycles. The van der Waals surface area contributed by atoms with E-state index in [0.717, 1.165) is 0 Å². The van der Waals surface area contributed by atoms with Gasteiger partial charge in [-0.05, 0) is 43.1 Å². The lowest BCUT2D eigenvalue weighted by Crippen LogP contribution is -2.56. The fraction of sp³-hybridized carbons (Fsp3) is 0.667. The molecule has 1 atom stereocenters. The van der Waals surface area contributed by atoms with Crippen LogP contribution in [0.4, 0.5) is 13.2 Å². The van der Waals surface area contributed by atoms with Crippen molar-refractivity contribution in [1.29, 1.82) is 0 Å². The summed E-state index contributed by atoms with van der Waals surface area (Å²) in [6.45, 7) is 4.83. The zero-order chi connectivity index (χ0) is 20.2. The average Bonchev–Trinajstić information content (AvgIpc) is 2.54. The molecule has 0 unspecified atom stereocenters. The van der Waals surface area contributed by atoms with Gasteiger partial charge in [-0.3, -0.25) is 9.80 Å². The van der Waals surface area contributed by atoms with Crippen LogP contribution in [0, 0.1) is 5.92 Å². The zero-order valence-corrected chi connectivity index (χ0v) is 17.1. The summed E-state index contributed by atoms with van der Waals surface area (Å²) in [5, 5.41) is 0.477.